The predicted octanol–water partition coefficient (Wildman–Crippen LogP) is 2.75. The molecule has 0 saturated carbocycles. The maximum atomic E-state index is 11.0. The van der Waals surface area contributed by atoms with Crippen molar-refractivity contribution in [2.24, 2.45) is 15.9 Å². The molecule has 1 aliphatic rings. The van der Waals surface area contributed by atoms with Crippen LogP contribution in [0.5, 0.6) is 0 Å². The van der Waals surface area contributed by atoms with Gasteiger partial charge < -0.3 is 10.0 Å². The normalized spacial score (nSPS) is 16.4. The molecule has 0 aliphatic carbocycles. The molecule has 1 aromatic heterocycles. The van der Waals surface area contributed by atoms with E-state index in [9.17, 15) is 4.79 Å². The van der Waals surface area contributed by atoms with Gasteiger partial charge in [0.2, 0.25) is 0 Å². The largest absolute Gasteiger partial charge is 0.481 e. The number of nitrogens with zero attached hydrogens (tertiary/aromatic N) is 4. The van der Waals surface area contributed by atoms with E-state index in [0.717, 1.165) is 11.4 Å². The van der Waals surface area contributed by atoms with Crippen LogP contribution >= 0.6 is 0 Å². The van der Waals surface area contributed by atoms with E-state index in [4.69, 9.17) is 5.11 Å². The fraction of sp³-hybridized carbons (Fsp3) is 0.467. The summed E-state index contributed by atoms with van der Waals surface area (Å²) in [4.78, 5) is 25.9. The summed E-state index contributed by atoms with van der Waals surface area (Å²) in [5.41, 5.74) is 2.45. The van der Waals surface area contributed by atoms with Crippen molar-refractivity contribution in [2.75, 3.05) is 18.0 Å². The molecule has 112 valence electrons. The van der Waals surface area contributed by atoms with Crippen molar-refractivity contribution >= 4 is 36.1 Å². The standard InChI is InChI=1S/C15H20N4O2/c1-4-17-14-13(16-3)12(9-10(2)18-14)19-7-5-11(6-8-19)15(20)21/h4,9,11H,3,5-8H2,1-2H3,(H,20,21). The third-order valence-electron chi connectivity index (χ3n) is 3.68. The van der Waals surface area contributed by atoms with Gasteiger partial charge in [-0.15, -0.1) is 0 Å². The maximum absolute atomic E-state index is 11.0. The second kappa shape index (κ2) is 6.47. The van der Waals surface area contributed by atoms with E-state index in [2.05, 4.69) is 26.6 Å². The molecule has 6 heteroatoms. The predicted molar refractivity (Wildman–Crippen MR) is 84.6 cm³/mol. The second-order valence-electron chi connectivity index (χ2n) is 5.10. The number of carboxylic acid groups (broad SMARTS) is 1. The fourth-order valence-corrected chi connectivity index (χ4v) is 2.61. The molecule has 1 saturated heterocycles. The highest BCUT2D eigenvalue weighted by Gasteiger charge is 2.26. The van der Waals surface area contributed by atoms with E-state index in [1.54, 1.807) is 6.21 Å². The van der Waals surface area contributed by atoms with Crippen molar-refractivity contribution in [1.29, 1.82) is 0 Å². The minimum atomic E-state index is -0.709. The summed E-state index contributed by atoms with van der Waals surface area (Å²) >= 11 is 0. The van der Waals surface area contributed by atoms with Crippen LogP contribution in [0, 0.1) is 12.8 Å². The van der Waals surface area contributed by atoms with Crippen LogP contribution in [0.25, 0.3) is 0 Å². The van der Waals surface area contributed by atoms with Gasteiger partial charge in [-0.1, -0.05) is 0 Å². The van der Waals surface area contributed by atoms with Crippen LogP contribution in [0.3, 0.4) is 0 Å². The lowest BCUT2D eigenvalue weighted by Crippen LogP contribution is -2.36. The van der Waals surface area contributed by atoms with Crippen LogP contribution in [0.15, 0.2) is 16.1 Å². The van der Waals surface area contributed by atoms with Crippen LogP contribution < -0.4 is 4.90 Å². The van der Waals surface area contributed by atoms with Crippen molar-refractivity contribution in [3.8, 4) is 0 Å². The molecule has 0 aromatic carbocycles. The lowest BCUT2D eigenvalue weighted by Gasteiger charge is -2.32. The minimum Gasteiger partial charge on any atom is -0.481 e. The monoisotopic (exact) mass is 288 g/mol. The van der Waals surface area contributed by atoms with Gasteiger partial charge in [-0.25, -0.2) is 9.98 Å². The number of carbonyl (C=O) groups is 1. The Kier molecular flexibility index (Phi) is 4.67. The number of aryl methyl sites for hydroxylation is 1. The third-order valence-corrected chi connectivity index (χ3v) is 3.68. The summed E-state index contributed by atoms with van der Waals surface area (Å²) < 4.78 is 0. The first kappa shape index (κ1) is 15.2. The van der Waals surface area contributed by atoms with Gasteiger partial charge in [-0.05, 0) is 39.5 Å². The van der Waals surface area contributed by atoms with E-state index >= 15 is 0 Å². The maximum Gasteiger partial charge on any atom is 0.306 e. The van der Waals surface area contributed by atoms with Crippen LogP contribution in [0.2, 0.25) is 0 Å². The Hall–Kier alpha value is -2.24. The summed E-state index contributed by atoms with van der Waals surface area (Å²) in [6.45, 7) is 8.74. The van der Waals surface area contributed by atoms with Crippen LogP contribution in [0.1, 0.15) is 25.5 Å². The smallest absolute Gasteiger partial charge is 0.306 e. The molecule has 1 N–H and O–H groups in total. The van der Waals surface area contributed by atoms with E-state index < -0.39 is 5.97 Å². The van der Waals surface area contributed by atoms with Gasteiger partial charge in [0.1, 0.15) is 5.69 Å². The molecular weight excluding hydrogens is 268 g/mol. The molecule has 1 aromatic rings. The first-order chi connectivity index (χ1) is 10.1. The average Bonchev–Trinajstić information content (AvgIpc) is 2.47. The number of aliphatic carboxylic acids is 1. The lowest BCUT2D eigenvalue weighted by molar-refractivity contribution is -0.142. The van der Waals surface area contributed by atoms with Crippen molar-refractivity contribution in [3.63, 3.8) is 0 Å². The summed E-state index contributed by atoms with van der Waals surface area (Å²) in [7, 11) is 0. The Bertz CT molecular complexity index is 575. The fourth-order valence-electron chi connectivity index (χ4n) is 2.61. The lowest BCUT2D eigenvalue weighted by atomic mass is 9.96. The van der Waals surface area contributed by atoms with Crippen LogP contribution in [-0.4, -0.2) is 42.1 Å². The molecule has 21 heavy (non-hydrogen) atoms. The summed E-state index contributed by atoms with van der Waals surface area (Å²) in [5, 5.41) is 9.08. The Labute approximate surface area is 124 Å². The van der Waals surface area contributed by atoms with Gasteiger partial charge in [0.15, 0.2) is 5.82 Å². The molecule has 0 radical (unpaired) electrons. The first-order valence-corrected chi connectivity index (χ1v) is 7.01. The Morgan fingerprint density at radius 2 is 2.19 bits per heavy atom. The highest BCUT2D eigenvalue weighted by molar-refractivity contribution is 5.80. The zero-order valence-corrected chi connectivity index (χ0v) is 12.4. The van der Waals surface area contributed by atoms with Gasteiger partial charge in [0.25, 0.3) is 0 Å². The number of rotatable bonds is 4. The highest BCUT2D eigenvalue weighted by atomic mass is 16.4. The Balaban J connectivity index is 2.31. The van der Waals surface area contributed by atoms with Gasteiger partial charge in [-0.3, -0.25) is 9.79 Å². The van der Waals surface area contributed by atoms with E-state index in [-0.39, 0.29) is 5.92 Å². The van der Waals surface area contributed by atoms with Crippen molar-refractivity contribution < 1.29 is 9.90 Å². The quantitative estimate of drug-likeness (QED) is 0.864. The van der Waals surface area contributed by atoms with Gasteiger partial charge >= 0.3 is 5.97 Å². The highest BCUT2D eigenvalue weighted by Crippen LogP contribution is 2.38. The molecule has 1 aliphatic heterocycles. The Morgan fingerprint density at radius 3 is 2.71 bits per heavy atom. The minimum absolute atomic E-state index is 0.252. The van der Waals surface area contributed by atoms with Crippen molar-refractivity contribution in [3.05, 3.63) is 11.8 Å². The third kappa shape index (κ3) is 3.26. The number of aliphatic imine (C=N–C) groups is 2. The molecular formula is C15H20N4O2. The molecule has 2 heterocycles. The first-order valence-electron chi connectivity index (χ1n) is 7.01. The molecule has 2 rings (SSSR count). The van der Waals surface area contributed by atoms with Crippen LogP contribution in [-0.2, 0) is 4.79 Å². The number of carboxylic acids is 1. The molecule has 6 nitrogen and oxygen atoms in total. The summed E-state index contributed by atoms with van der Waals surface area (Å²) in [6, 6.07) is 1.96. The van der Waals surface area contributed by atoms with Crippen molar-refractivity contribution in [1.82, 2.24) is 4.98 Å². The van der Waals surface area contributed by atoms with E-state index in [1.165, 1.54) is 0 Å². The molecule has 0 unspecified atom stereocenters. The molecule has 1 fully saturated rings. The molecule has 0 bridgehead atoms. The van der Waals surface area contributed by atoms with Gasteiger partial charge in [0, 0.05) is 25.0 Å². The number of hydrogen-bond acceptors (Lipinski definition) is 5. The number of aromatic nitrogens is 1. The van der Waals surface area contributed by atoms with Crippen LogP contribution in [0.4, 0.5) is 17.2 Å². The number of piperidine rings is 1. The summed E-state index contributed by atoms with van der Waals surface area (Å²) in [6.07, 6.45) is 2.95. The van der Waals surface area contributed by atoms with Gasteiger partial charge in [0.05, 0.1) is 11.6 Å². The number of anilines is 1. The van der Waals surface area contributed by atoms with E-state index in [0.29, 0.717) is 37.4 Å². The van der Waals surface area contributed by atoms with E-state index in [1.807, 2.05) is 19.9 Å². The average molecular weight is 288 g/mol. The molecule has 0 spiro atoms. The molecule has 0 amide bonds. The second-order valence-corrected chi connectivity index (χ2v) is 5.10. The Morgan fingerprint density at radius 1 is 1.52 bits per heavy atom. The summed E-state index contributed by atoms with van der Waals surface area (Å²) in [5.74, 6) is -0.404. The van der Waals surface area contributed by atoms with Crippen molar-refractivity contribution in [2.45, 2.75) is 26.7 Å². The number of hydrogen-bond donors (Lipinski definition) is 1. The zero-order chi connectivity index (χ0) is 15.4. The SMILES string of the molecule is C=Nc1c(N2CCC(C(=O)O)CC2)cc(C)nc1N=CC. The number of pyridine rings is 1. The topological polar surface area (TPSA) is 78.2 Å². The molecule has 0 atom stereocenters. The van der Waals surface area contributed by atoms with Gasteiger partial charge in [-0.2, -0.15) is 0 Å². The zero-order valence-electron chi connectivity index (χ0n) is 12.4.